The van der Waals surface area contributed by atoms with Gasteiger partial charge in [-0.1, -0.05) is 77.8 Å². The highest BCUT2D eigenvalue weighted by Crippen LogP contribution is 2.17. The summed E-state index contributed by atoms with van der Waals surface area (Å²) in [6.07, 6.45) is 9.94. The Morgan fingerprint density at radius 2 is 1.58 bits per heavy atom. The Morgan fingerprint density at radius 3 is 2.08 bits per heavy atom. The van der Waals surface area contributed by atoms with Crippen LogP contribution >= 0.6 is 45.2 Å². The SMILES string of the molecule is CCCCCC(I)CCCCI. The number of hydrogen-bond acceptors (Lipinski definition) is 0. The lowest BCUT2D eigenvalue weighted by Gasteiger charge is -2.07. The molecule has 0 aromatic heterocycles. The zero-order valence-corrected chi connectivity index (χ0v) is 12.3. The number of halogens is 2. The molecule has 1 atom stereocenters. The number of unbranched alkanes of at least 4 members (excludes halogenated alkanes) is 3. The topological polar surface area (TPSA) is 0 Å². The Bertz CT molecular complexity index is 73.9. The number of alkyl halides is 2. The summed E-state index contributed by atoms with van der Waals surface area (Å²) in [5.41, 5.74) is 0. The molecule has 2 heteroatoms. The van der Waals surface area contributed by atoms with Crippen LogP contribution in [0.25, 0.3) is 0 Å². The lowest BCUT2D eigenvalue weighted by molar-refractivity contribution is 0.612. The zero-order chi connectivity index (χ0) is 9.23. The lowest BCUT2D eigenvalue weighted by Crippen LogP contribution is -1.97. The maximum atomic E-state index is 2.62. The molecule has 0 saturated heterocycles. The van der Waals surface area contributed by atoms with Crippen molar-refractivity contribution in [2.45, 2.75) is 55.8 Å². The molecule has 0 aliphatic carbocycles. The van der Waals surface area contributed by atoms with Crippen LogP contribution in [0.1, 0.15) is 51.9 Å². The van der Waals surface area contributed by atoms with Crippen LogP contribution in [-0.4, -0.2) is 8.35 Å². The van der Waals surface area contributed by atoms with E-state index in [4.69, 9.17) is 0 Å². The summed E-state index contributed by atoms with van der Waals surface area (Å²) in [6, 6.07) is 0. The summed E-state index contributed by atoms with van der Waals surface area (Å²) >= 11 is 5.08. The van der Waals surface area contributed by atoms with Gasteiger partial charge in [0.15, 0.2) is 0 Å². The van der Waals surface area contributed by atoms with Gasteiger partial charge in [-0.3, -0.25) is 0 Å². The van der Waals surface area contributed by atoms with Crippen molar-refractivity contribution >= 4 is 45.2 Å². The standard InChI is InChI=1S/C10H20I2/c1-2-3-4-7-10(12)8-5-6-9-11/h10H,2-9H2,1H3. The summed E-state index contributed by atoms with van der Waals surface area (Å²) in [7, 11) is 0. The highest BCUT2D eigenvalue weighted by Gasteiger charge is 2.02. The third-order valence-corrected chi connectivity index (χ3v) is 4.03. The van der Waals surface area contributed by atoms with Crippen molar-refractivity contribution in [3.05, 3.63) is 0 Å². The molecule has 1 unspecified atom stereocenters. The van der Waals surface area contributed by atoms with Crippen LogP contribution in [0.4, 0.5) is 0 Å². The third kappa shape index (κ3) is 9.55. The van der Waals surface area contributed by atoms with Crippen molar-refractivity contribution in [2.75, 3.05) is 4.43 Å². The van der Waals surface area contributed by atoms with Crippen LogP contribution in [0.2, 0.25) is 0 Å². The van der Waals surface area contributed by atoms with Gasteiger partial charge in [-0.25, -0.2) is 0 Å². The monoisotopic (exact) mass is 394 g/mol. The molecule has 0 N–H and O–H groups in total. The summed E-state index contributed by atoms with van der Waals surface area (Å²) < 4.78 is 2.27. The van der Waals surface area contributed by atoms with Gasteiger partial charge in [-0.05, 0) is 23.7 Å². The van der Waals surface area contributed by atoms with Gasteiger partial charge in [0.25, 0.3) is 0 Å². The largest absolute Gasteiger partial charge is 0.0864 e. The summed E-state index contributed by atoms with van der Waals surface area (Å²) in [5.74, 6) is 0. The van der Waals surface area contributed by atoms with Crippen molar-refractivity contribution in [1.29, 1.82) is 0 Å². The Labute approximate surface area is 105 Å². The fraction of sp³-hybridized carbons (Fsp3) is 1.00. The Hall–Kier alpha value is 1.46. The van der Waals surface area contributed by atoms with Gasteiger partial charge in [0, 0.05) is 3.92 Å². The van der Waals surface area contributed by atoms with Crippen molar-refractivity contribution in [2.24, 2.45) is 0 Å². The molecule has 0 aliphatic rings. The molecule has 0 amide bonds. The molecule has 0 aliphatic heterocycles. The zero-order valence-electron chi connectivity index (χ0n) is 7.99. The van der Waals surface area contributed by atoms with Crippen LogP contribution in [-0.2, 0) is 0 Å². The average molecular weight is 394 g/mol. The molecular weight excluding hydrogens is 374 g/mol. The lowest BCUT2D eigenvalue weighted by atomic mass is 10.1. The van der Waals surface area contributed by atoms with E-state index in [1.165, 1.54) is 49.4 Å². The Morgan fingerprint density at radius 1 is 1.00 bits per heavy atom. The molecule has 0 aromatic carbocycles. The summed E-state index contributed by atoms with van der Waals surface area (Å²) in [5, 5.41) is 0. The van der Waals surface area contributed by atoms with Crippen LogP contribution in [0, 0.1) is 0 Å². The first-order chi connectivity index (χ1) is 5.81. The maximum absolute atomic E-state index is 2.62. The minimum atomic E-state index is 0.942. The van der Waals surface area contributed by atoms with Gasteiger partial charge in [-0.15, -0.1) is 0 Å². The highest BCUT2D eigenvalue weighted by molar-refractivity contribution is 14.1. The normalized spacial score (nSPS) is 13.2. The minimum Gasteiger partial charge on any atom is -0.0864 e. The van der Waals surface area contributed by atoms with E-state index in [-0.39, 0.29) is 0 Å². The minimum absolute atomic E-state index is 0.942. The van der Waals surface area contributed by atoms with E-state index in [9.17, 15) is 0 Å². The molecule has 0 aromatic rings. The molecule has 0 heterocycles. The molecule has 12 heavy (non-hydrogen) atoms. The van der Waals surface area contributed by atoms with E-state index in [0.29, 0.717) is 0 Å². The van der Waals surface area contributed by atoms with Gasteiger partial charge in [0.1, 0.15) is 0 Å². The van der Waals surface area contributed by atoms with Gasteiger partial charge in [0.05, 0.1) is 0 Å². The van der Waals surface area contributed by atoms with Gasteiger partial charge in [-0.2, -0.15) is 0 Å². The first-order valence-electron chi connectivity index (χ1n) is 5.01. The predicted molar refractivity (Wildman–Crippen MR) is 74.7 cm³/mol. The van der Waals surface area contributed by atoms with Crippen molar-refractivity contribution in [1.82, 2.24) is 0 Å². The quantitative estimate of drug-likeness (QED) is 0.310. The molecule has 0 radical (unpaired) electrons. The van der Waals surface area contributed by atoms with Gasteiger partial charge < -0.3 is 0 Å². The number of rotatable bonds is 8. The van der Waals surface area contributed by atoms with Crippen LogP contribution < -0.4 is 0 Å². The van der Waals surface area contributed by atoms with Crippen molar-refractivity contribution in [3.63, 3.8) is 0 Å². The van der Waals surface area contributed by atoms with Gasteiger partial charge in [0.2, 0.25) is 0 Å². The second-order valence-electron chi connectivity index (χ2n) is 3.28. The molecule has 74 valence electrons. The van der Waals surface area contributed by atoms with E-state index in [1.54, 1.807) is 0 Å². The molecule has 0 saturated carbocycles. The van der Waals surface area contributed by atoms with Crippen LogP contribution in [0.5, 0.6) is 0 Å². The molecular formula is C10H20I2. The maximum Gasteiger partial charge on any atom is 0.0110 e. The van der Waals surface area contributed by atoms with Crippen molar-refractivity contribution < 1.29 is 0 Å². The third-order valence-electron chi connectivity index (χ3n) is 2.02. The second-order valence-corrected chi connectivity index (χ2v) is 6.12. The molecule has 0 nitrogen and oxygen atoms in total. The summed E-state index contributed by atoms with van der Waals surface area (Å²) in [6.45, 7) is 2.28. The van der Waals surface area contributed by atoms with Crippen molar-refractivity contribution in [3.8, 4) is 0 Å². The van der Waals surface area contributed by atoms with E-state index in [1.807, 2.05) is 0 Å². The van der Waals surface area contributed by atoms with Crippen LogP contribution in [0.3, 0.4) is 0 Å². The summed E-state index contributed by atoms with van der Waals surface area (Å²) in [4.78, 5) is 0. The fourth-order valence-electron chi connectivity index (χ4n) is 1.22. The van der Waals surface area contributed by atoms with E-state index in [2.05, 4.69) is 52.1 Å². The van der Waals surface area contributed by atoms with Gasteiger partial charge >= 0.3 is 0 Å². The number of hydrogen-bond donors (Lipinski definition) is 0. The molecule has 0 fully saturated rings. The highest BCUT2D eigenvalue weighted by atomic mass is 127. The molecule has 0 rings (SSSR count). The fourth-order valence-corrected chi connectivity index (χ4v) is 2.64. The Kier molecular flexibility index (Phi) is 11.8. The molecule has 0 spiro atoms. The van der Waals surface area contributed by atoms with Crippen LogP contribution in [0.15, 0.2) is 0 Å². The van der Waals surface area contributed by atoms with E-state index >= 15 is 0 Å². The first-order valence-corrected chi connectivity index (χ1v) is 7.78. The predicted octanol–water partition coefficient (Wildman–Crippen LogP) is 4.98. The smallest absolute Gasteiger partial charge is 0.0110 e. The van der Waals surface area contributed by atoms with E-state index in [0.717, 1.165) is 3.92 Å². The molecule has 0 bridgehead atoms. The van der Waals surface area contributed by atoms with E-state index < -0.39 is 0 Å². The average Bonchev–Trinajstić information content (AvgIpc) is 2.06. The Balaban J connectivity index is 3.04. The first kappa shape index (κ1) is 13.5. The second kappa shape index (κ2) is 10.5.